The molecule has 0 spiro atoms. The normalized spacial score (nSPS) is 12.5. The van der Waals surface area contributed by atoms with E-state index in [9.17, 15) is 33.0 Å². The molecule has 1 unspecified atom stereocenters. The van der Waals surface area contributed by atoms with Crippen molar-refractivity contribution in [2.45, 2.75) is 82.2 Å². The number of nitrogens with zero attached hydrogens (tertiary/aromatic N) is 1. The number of amides is 2. The number of aromatic nitrogens is 1. The zero-order valence-corrected chi connectivity index (χ0v) is 29.3. The number of aromatic hydroxyl groups is 1. The van der Waals surface area contributed by atoms with Gasteiger partial charge in [-0.1, -0.05) is 30.3 Å². The molecular weight excluding hydrogens is 648 g/mol. The van der Waals surface area contributed by atoms with E-state index in [1.807, 2.05) is 12.1 Å². The van der Waals surface area contributed by atoms with Crippen LogP contribution in [0.3, 0.4) is 0 Å². The summed E-state index contributed by atoms with van der Waals surface area (Å²) < 4.78 is 31.6. The van der Waals surface area contributed by atoms with Crippen molar-refractivity contribution < 1.29 is 37.8 Å². The summed E-state index contributed by atoms with van der Waals surface area (Å²) in [6.45, 7) is 8.35. The number of H-pyrrole nitrogens is 1. The molecular formula is C36H44N4O8S. The smallest absolute Gasteiger partial charge is 0.410 e. The molecule has 0 aliphatic heterocycles. The number of ether oxygens (including phenoxy) is 1. The molecule has 1 heterocycles. The minimum atomic E-state index is -3.68. The van der Waals surface area contributed by atoms with Gasteiger partial charge in [0.2, 0.25) is 5.91 Å². The molecule has 0 aliphatic carbocycles. The lowest BCUT2D eigenvalue weighted by Gasteiger charge is -2.25. The first-order chi connectivity index (χ1) is 22.9. The number of sulfone groups is 1. The van der Waals surface area contributed by atoms with Crippen molar-refractivity contribution in [3.05, 3.63) is 83.6 Å². The van der Waals surface area contributed by atoms with Gasteiger partial charge >= 0.3 is 12.1 Å². The zero-order valence-electron chi connectivity index (χ0n) is 28.5. The molecule has 1 aromatic heterocycles. The third-order valence-corrected chi connectivity index (χ3v) is 10.0. The quantitative estimate of drug-likeness (QED) is 0.103. The maximum absolute atomic E-state index is 13.1. The highest BCUT2D eigenvalue weighted by Gasteiger charge is 2.26. The Morgan fingerprint density at radius 3 is 2.29 bits per heavy atom. The lowest BCUT2D eigenvalue weighted by molar-refractivity contribution is -0.138. The third kappa shape index (κ3) is 9.53. The van der Waals surface area contributed by atoms with Crippen molar-refractivity contribution >= 4 is 50.0 Å². The van der Waals surface area contributed by atoms with Crippen molar-refractivity contribution in [3.63, 3.8) is 0 Å². The van der Waals surface area contributed by atoms with Gasteiger partial charge in [0.05, 0.1) is 16.7 Å². The Hall–Kier alpha value is -5.04. The number of carbonyl (C=O) groups excluding carboxylic acids is 2. The molecule has 0 aliphatic rings. The molecule has 3 aromatic carbocycles. The lowest BCUT2D eigenvalue weighted by Crippen LogP contribution is -2.34. The third-order valence-electron chi connectivity index (χ3n) is 7.80. The molecule has 49 heavy (non-hydrogen) atoms. The van der Waals surface area contributed by atoms with Crippen LogP contribution in [0.2, 0.25) is 0 Å². The number of benzene rings is 3. The standard InChI is InChI=1S/C36H44N4O8S/c1-22(2)49(46,47)30-17-16-27(18-26(30)21-40(6)35(45)48-36(3,4)5)38-31(41)9-7-8-23-10-12-24(13-11-23)32(34(43)44)39-28-15-14-25-20-37-33(42)29(25)19-28/h10-20,22,32,37,39,42H,7-9,21H2,1-6H3,(H,38,41)(H,43,44). The van der Waals surface area contributed by atoms with Crippen LogP contribution in [0.4, 0.5) is 16.2 Å². The summed E-state index contributed by atoms with van der Waals surface area (Å²) in [4.78, 5) is 41.7. The molecule has 0 fully saturated rings. The van der Waals surface area contributed by atoms with E-state index in [2.05, 4.69) is 15.6 Å². The Bertz CT molecular complexity index is 1930. The minimum absolute atomic E-state index is 0.00596. The van der Waals surface area contributed by atoms with Crippen LogP contribution in [0.1, 0.15) is 70.2 Å². The first kappa shape index (κ1) is 36.8. The molecule has 262 valence electrons. The first-order valence-corrected chi connectivity index (χ1v) is 17.5. The van der Waals surface area contributed by atoms with Gasteiger partial charge in [-0.25, -0.2) is 18.0 Å². The van der Waals surface area contributed by atoms with Crippen LogP contribution in [-0.4, -0.2) is 64.4 Å². The largest absolute Gasteiger partial charge is 0.494 e. The molecule has 0 radical (unpaired) electrons. The average molecular weight is 693 g/mol. The van der Waals surface area contributed by atoms with E-state index in [-0.39, 0.29) is 29.6 Å². The Balaban J connectivity index is 1.37. The Kier molecular flexibility index (Phi) is 11.3. The molecule has 0 saturated carbocycles. The number of carboxylic acid groups (broad SMARTS) is 1. The van der Waals surface area contributed by atoms with Gasteiger partial charge in [-0.2, -0.15) is 0 Å². The van der Waals surface area contributed by atoms with E-state index >= 15 is 0 Å². The molecule has 13 heteroatoms. The number of hydrogen-bond acceptors (Lipinski definition) is 8. The van der Waals surface area contributed by atoms with Gasteiger partial charge in [0.25, 0.3) is 0 Å². The second-order valence-corrected chi connectivity index (χ2v) is 15.7. The maximum atomic E-state index is 13.1. The maximum Gasteiger partial charge on any atom is 0.410 e. The number of rotatable bonds is 13. The van der Waals surface area contributed by atoms with Gasteiger partial charge in [-0.15, -0.1) is 0 Å². The predicted molar refractivity (Wildman–Crippen MR) is 188 cm³/mol. The van der Waals surface area contributed by atoms with Crippen molar-refractivity contribution in [2.75, 3.05) is 17.7 Å². The molecule has 1 atom stereocenters. The van der Waals surface area contributed by atoms with E-state index in [1.165, 1.54) is 24.1 Å². The van der Waals surface area contributed by atoms with Gasteiger partial charge in [0, 0.05) is 41.8 Å². The summed E-state index contributed by atoms with van der Waals surface area (Å²) >= 11 is 0. The van der Waals surface area contributed by atoms with Crippen molar-refractivity contribution in [1.82, 2.24) is 9.88 Å². The number of fused-ring (bicyclic) bond motifs is 1. The second-order valence-electron chi connectivity index (χ2n) is 13.3. The summed E-state index contributed by atoms with van der Waals surface area (Å²) in [5, 5.41) is 26.4. The van der Waals surface area contributed by atoms with Gasteiger partial charge in [0.15, 0.2) is 21.8 Å². The molecule has 4 aromatic rings. The number of aryl methyl sites for hydroxylation is 1. The van der Waals surface area contributed by atoms with Crippen molar-refractivity contribution in [1.29, 1.82) is 0 Å². The fourth-order valence-electron chi connectivity index (χ4n) is 5.18. The summed E-state index contributed by atoms with van der Waals surface area (Å²) in [7, 11) is -2.16. The number of hydrogen-bond donors (Lipinski definition) is 5. The molecule has 0 saturated heterocycles. The highest BCUT2D eigenvalue weighted by molar-refractivity contribution is 7.92. The van der Waals surface area contributed by atoms with E-state index in [1.54, 1.807) is 77.2 Å². The minimum Gasteiger partial charge on any atom is -0.494 e. The van der Waals surface area contributed by atoms with Gasteiger partial charge < -0.3 is 35.5 Å². The summed E-state index contributed by atoms with van der Waals surface area (Å²) in [6.07, 6.45) is 2.33. The summed E-state index contributed by atoms with van der Waals surface area (Å²) in [6, 6.07) is 15.9. The van der Waals surface area contributed by atoms with Gasteiger partial charge in [-0.05, 0) is 94.5 Å². The fourth-order valence-corrected chi connectivity index (χ4v) is 6.44. The van der Waals surface area contributed by atoms with E-state index < -0.39 is 38.8 Å². The van der Waals surface area contributed by atoms with E-state index in [0.717, 1.165) is 10.9 Å². The average Bonchev–Trinajstić information content (AvgIpc) is 3.38. The monoisotopic (exact) mass is 692 g/mol. The van der Waals surface area contributed by atoms with Crippen LogP contribution in [0, 0.1) is 0 Å². The first-order valence-electron chi connectivity index (χ1n) is 15.9. The van der Waals surface area contributed by atoms with Crippen molar-refractivity contribution in [3.8, 4) is 5.88 Å². The molecule has 12 nitrogen and oxygen atoms in total. The van der Waals surface area contributed by atoms with Crippen molar-refractivity contribution in [2.24, 2.45) is 0 Å². The fraction of sp³-hybridized carbons (Fsp3) is 0.361. The molecule has 2 amide bonds. The second kappa shape index (κ2) is 15.0. The van der Waals surface area contributed by atoms with Crippen LogP contribution in [0.25, 0.3) is 10.8 Å². The SMILES string of the molecule is CC(C)S(=O)(=O)c1ccc(NC(=O)CCCc2ccc(C(Nc3ccc4c[nH]c(O)c4c3)C(=O)O)cc2)cc1CN(C)C(=O)OC(C)(C)C. The van der Waals surface area contributed by atoms with Gasteiger partial charge in [0.1, 0.15) is 5.60 Å². The Morgan fingerprint density at radius 2 is 1.65 bits per heavy atom. The Labute approximate surface area is 286 Å². The number of aliphatic carboxylic acids is 1. The predicted octanol–water partition coefficient (Wildman–Crippen LogP) is 6.62. The molecule has 5 N–H and O–H groups in total. The molecule has 0 bridgehead atoms. The van der Waals surface area contributed by atoms with Crippen LogP contribution in [-0.2, 0) is 37.1 Å². The highest BCUT2D eigenvalue weighted by Crippen LogP contribution is 2.29. The van der Waals surface area contributed by atoms with Crippen LogP contribution < -0.4 is 10.6 Å². The number of carbonyl (C=O) groups is 3. The number of aromatic amines is 1. The zero-order chi connectivity index (χ0) is 36.1. The van der Waals surface area contributed by atoms with Crippen LogP contribution in [0.5, 0.6) is 5.88 Å². The summed E-state index contributed by atoms with van der Waals surface area (Å²) in [5.74, 6) is -1.31. The van der Waals surface area contributed by atoms with Crippen LogP contribution >= 0.6 is 0 Å². The van der Waals surface area contributed by atoms with Crippen LogP contribution in [0.15, 0.2) is 71.8 Å². The molecule has 4 rings (SSSR count). The number of carboxylic acids is 1. The van der Waals surface area contributed by atoms with E-state index in [0.29, 0.717) is 40.7 Å². The lowest BCUT2D eigenvalue weighted by atomic mass is 10.0. The summed E-state index contributed by atoms with van der Waals surface area (Å²) in [5.41, 5.74) is 2.06. The van der Waals surface area contributed by atoms with E-state index in [4.69, 9.17) is 4.74 Å². The highest BCUT2D eigenvalue weighted by atomic mass is 32.2. The number of anilines is 2. The topological polar surface area (TPSA) is 178 Å². The van der Waals surface area contributed by atoms with Gasteiger partial charge in [-0.3, -0.25) is 4.79 Å². The Morgan fingerprint density at radius 1 is 0.980 bits per heavy atom. The number of nitrogens with one attached hydrogen (secondary N) is 3.